The van der Waals surface area contributed by atoms with Gasteiger partial charge in [-0.1, -0.05) is 28.1 Å². The van der Waals surface area contributed by atoms with Crippen LogP contribution in [0.15, 0.2) is 53.0 Å². The van der Waals surface area contributed by atoms with Crippen LogP contribution < -0.4 is 4.74 Å². The van der Waals surface area contributed by atoms with Crippen LogP contribution in [0.1, 0.15) is 30.4 Å². The van der Waals surface area contributed by atoms with Crippen molar-refractivity contribution >= 4 is 21.8 Å². The summed E-state index contributed by atoms with van der Waals surface area (Å²) in [6.07, 6.45) is 3.32. The van der Waals surface area contributed by atoms with Gasteiger partial charge in [0.25, 0.3) is 5.72 Å². The highest BCUT2D eigenvalue weighted by Crippen LogP contribution is 2.36. The van der Waals surface area contributed by atoms with E-state index in [2.05, 4.69) is 49.7 Å². The predicted octanol–water partition coefficient (Wildman–Crippen LogP) is 3.71. The van der Waals surface area contributed by atoms with Gasteiger partial charge in [0.05, 0.1) is 13.7 Å². The van der Waals surface area contributed by atoms with Gasteiger partial charge >= 0.3 is 0 Å². The lowest BCUT2D eigenvalue weighted by atomic mass is 9.99. The van der Waals surface area contributed by atoms with Crippen molar-refractivity contribution in [2.24, 2.45) is 0 Å². The van der Waals surface area contributed by atoms with Gasteiger partial charge in [-0.15, -0.1) is 0 Å². The molecule has 2 heterocycles. The van der Waals surface area contributed by atoms with Crippen LogP contribution in [0.2, 0.25) is 0 Å². The van der Waals surface area contributed by atoms with Crippen LogP contribution in [0.3, 0.4) is 0 Å². The minimum Gasteiger partial charge on any atom is -0.497 e. The average Bonchev–Trinajstić information content (AvgIpc) is 2.97. The topological polar surface area (TPSA) is 35.7 Å². The third kappa shape index (κ3) is 3.14. The summed E-state index contributed by atoms with van der Waals surface area (Å²) in [6, 6.07) is 16.2. The maximum Gasteiger partial charge on any atom is 0.270 e. The Morgan fingerprint density at radius 1 is 1.12 bits per heavy atom. The van der Waals surface area contributed by atoms with Crippen LogP contribution in [-0.2, 0) is 12.3 Å². The maximum absolute atomic E-state index is 11.6. The van der Waals surface area contributed by atoms with E-state index in [0.29, 0.717) is 6.54 Å². The summed E-state index contributed by atoms with van der Waals surface area (Å²) in [6.45, 7) is 2.30. The number of benzene rings is 2. The van der Waals surface area contributed by atoms with Gasteiger partial charge in [-0.3, -0.25) is 4.58 Å². The molecule has 1 fully saturated rings. The number of aliphatic hydroxyl groups is 1. The first kappa shape index (κ1) is 17.6. The highest BCUT2D eigenvalue weighted by atomic mass is 79.9. The number of methoxy groups -OCH3 is 1. The normalized spacial score (nSPS) is 22.5. The lowest BCUT2D eigenvalue weighted by molar-refractivity contribution is -0.550. The fourth-order valence-electron chi connectivity index (χ4n) is 4.05. The average molecular weight is 416 g/mol. The number of β-amino-alcohol motifs (C(OH)–C–C–N with tert-alkyl or cyclic N) is 1. The third-order valence-corrected chi connectivity index (χ3v) is 5.93. The number of nitrogens with zero attached hydrogens (tertiary/aromatic N) is 2. The fourth-order valence-corrected chi connectivity index (χ4v) is 4.31. The van der Waals surface area contributed by atoms with E-state index in [1.165, 1.54) is 17.8 Å². The first-order valence-electron chi connectivity index (χ1n) is 9.10. The highest BCUT2D eigenvalue weighted by Gasteiger charge is 2.53. The second-order valence-electron chi connectivity index (χ2n) is 7.05. The molecule has 1 unspecified atom stereocenters. The van der Waals surface area contributed by atoms with Crippen molar-refractivity contribution in [2.75, 3.05) is 20.2 Å². The van der Waals surface area contributed by atoms with Crippen LogP contribution in [0.5, 0.6) is 5.75 Å². The van der Waals surface area contributed by atoms with E-state index in [1.54, 1.807) is 7.11 Å². The molecule has 136 valence electrons. The Balaban J connectivity index is 1.65. The first-order valence-corrected chi connectivity index (χ1v) is 9.89. The summed E-state index contributed by atoms with van der Waals surface area (Å²) in [7, 11) is 1.66. The zero-order chi connectivity index (χ0) is 18.1. The van der Waals surface area contributed by atoms with E-state index in [1.807, 2.05) is 24.3 Å². The van der Waals surface area contributed by atoms with E-state index in [-0.39, 0.29) is 0 Å². The summed E-state index contributed by atoms with van der Waals surface area (Å²) < 4.78 is 8.69. The molecule has 1 saturated heterocycles. The molecule has 1 N–H and O–H groups in total. The quantitative estimate of drug-likeness (QED) is 0.772. The van der Waals surface area contributed by atoms with Gasteiger partial charge in [0.15, 0.2) is 6.54 Å². The summed E-state index contributed by atoms with van der Waals surface area (Å²) in [4.78, 5) is 2.21. The molecule has 0 spiro atoms. The van der Waals surface area contributed by atoms with Gasteiger partial charge in [0, 0.05) is 16.5 Å². The number of amidine groups is 1. The lowest BCUT2D eigenvalue weighted by Gasteiger charge is -2.31. The molecule has 0 radical (unpaired) electrons. The van der Waals surface area contributed by atoms with Crippen molar-refractivity contribution in [1.29, 1.82) is 0 Å². The molecule has 26 heavy (non-hydrogen) atoms. The Kier molecular flexibility index (Phi) is 4.76. The van der Waals surface area contributed by atoms with Crippen LogP contribution in [0.25, 0.3) is 0 Å². The Labute approximate surface area is 162 Å². The fraction of sp³-hybridized carbons (Fsp3) is 0.381. The van der Waals surface area contributed by atoms with Gasteiger partial charge in [0.2, 0.25) is 5.84 Å². The molecule has 0 bridgehead atoms. The molecule has 0 saturated carbocycles. The molecule has 5 heteroatoms. The Bertz CT molecular complexity index is 817. The predicted molar refractivity (Wildman–Crippen MR) is 105 cm³/mol. The molecule has 4 nitrogen and oxygen atoms in total. The van der Waals surface area contributed by atoms with Gasteiger partial charge in [0.1, 0.15) is 12.3 Å². The number of rotatable bonds is 4. The zero-order valence-corrected chi connectivity index (χ0v) is 16.6. The van der Waals surface area contributed by atoms with Crippen LogP contribution in [0.4, 0.5) is 0 Å². The minimum atomic E-state index is -0.975. The molecule has 0 amide bonds. The van der Waals surface area contributed by atoms with E-state index in [9.17, 15) is 5.11 Å². The highest BCUT2D eigenvalue weighted by molar-refractivity contribution is 9.10. The SMILES string of the molecule is COc1ccc(C2(O)C[N+](Cc3ccc(Br)cc3)=C3CCCCN32)cc1. The molecule has 0 aliphatic carbocycles. The number of fused-ring (bicyclic) bond motifs is 1. The molecular formula is C21H24BrN2O2+. The molecule has 2 aliphatic rings. The molecule has 0 aromatic heterocycles. The van der Waals surface area contributed by atoms with Crippen molar-refractivity contribution in [3.05, 3.63) is 64.1 Å². The molecule has 2 aromatic carbocycles. The zero-order valence-electron chi connectivity index (χ0n) is 15.0. The lowest BCUT2D eigenvalue weighted by Crippen LogP contribution is -2.48. The number of hydrogen-bond donors (Lipinski definition) is 1. The third-order valence-electron chi connectivity index (χ3n) is 5.41. The van der Waals surface area contributed by atoms with Crippen molar-refractivity contribution in [3.63, 3.8) is 0 Å². The Morgan fingerprint density at radius 2 is 1.85 bits per heavy atom. The molecule has 1 atom stereocenters. The smallest absolute Gasteiger partial charge is 0.270 e. The largest absolute Gasteiger partial charge is 0.497 e. The van der Waals surface area contributed by atoms with Crippen LogP contribution in [-0.4, -0.2) is 40.6 Å². The van der Waals surface area contributed by atoms with Gasteiger partial charge < -0.3 is 9.84 Å². The first-order chi connectivity index (χ1) is 12.6. The second-order valence-corrected chi connectivity index (χ2v) is 7.97. The van der Waals surface area contributed by atoms with Gasteiger partial charge in [-0.05, 0) is 54.8 Å². The summed E-state index contributed by atoms with van der Waals surface area (Å²) >= 11 is 3.50. The summed E-state index contributed by atoms with van der Waals surface area (Å²) in [5, 5.41) is 11.6. The number of hydrogen-bond acceptors (Lipinski definition) is 3. The Hall–Kier alpha value is -1.85. The summed E-state index contributed by atoms with van der Waals surface area (Å²) in [5.74, 6) is 2.07. The molecule has 4 rings (SSSR count). The maximum atomic E-state index is 11.6. The van der Waals surface area contributed by atoms with E-state index >= 15 is 0 Å². The van der Waals surface area contributed by atoms with Crippen molar-refractivity contribution in [3.8, 4) is 5.75 Å². The van der Waals surface area contributed by atoms with Crippen molar-refractivity contribution < 1.29 is 14.4 Å². The second kappa shape index (κ2) is 7.05. The standard InChI is InChI=1S/C21H24BrN2O2/c1-26-19-11-7-17(8-12-19)21(25)15-23(20-4-2-3-13-24(20)21)14-16-5-9-18(22)10-6-16/h5-12,25H,2-4,13-15H2,1H3/q+1. The monoisotopic (exact) mass is 415 g/mol. The number of ether oxygens (including phenoxy) is 1. The Morgan fingerprint density at radius 3 is 2.54 bits per heavy atom. The van der Waals surface area contributed by atoms with Gasteiger partial charge in [-0.2, -0.15) is 0 Å². The molecule has 2 aliphatic heterocycles. The van der Waals surface area contributed by atoms with E-state index in [0.717, 1.165) is 41.7 Å². The molecule has 2 aromatic rings. The van der Waals surface area contributed by atoms with Crippen LogP contribution in [0, 0.1) is 0 Å². The number of piperidine rings is 1. The number of halogens is 1. The van der Waals surface area contributed by atoms with Crippen molar-refractivity contribution in [2.45, 2.75) is 31.5 Å². The van der Waals surface area contributed by atoms with Gasteiger partial charge in [-0.25, -0.2) is 4.90 Å². The summed E-state index contributed by atoms with van der Waals surface area (Å²) in [5.41, 5.74) is 1.21. The van der Waals surface area contributed by atoms with Crippen LogP contribution >= 0.6 is 15.9 Å². The van der Waals surface area contributed by atoms with Crippen molar-refractivity contribution in [1.82, 2.24) is 4.90 Å². The minimum absolute atomic E-state index is 0.588. The van der Waals surface area contributed by atoms with E-state index in [4.69, 9.17) is 4.74 Å². The van der Waals surface area contributed by atoms with E-state index < -0.39 is 5.72 Å². The molecular weight excluding hydrogens is 392 g/mol.